The smallest absolute Gasteiger partial charge is 0.240 e. The number of hydrogen-bond acceptors (Lipinski definition) is 3. The van der Waals surface area contributed by atoms with Crippen LogP contribution < -0.4 is 4.72 Å². The van der Waals surface area contributed by atoms with Crippen LogP contribution in [0, 0.1) is 0 Å². The molecule has 0 radical (unpaired) electrons. The summed E-state index contributed by atoms with van der Waals surface area (Å²) >= 11 is 0. The molecule has 1 heterocycles. The highest BCUT2D eigenvalue weighted by Gasteiger charge is 2.13. The molecule has 5 nitrogen and oxygen atoms in total. The van der Waals surface area contributed by atoms with Gasteiger partial charge in [-0.15, -0.1) is 0 Å². The minimum Gasteiger partial charge on any atom is -0.241 e. The van der Waals surface area contributed by atoms with Gasteiger partial charge in [-0.3, -0.25) is 0 Å². The molecule has 3 aromatic rings. The van der Waals surface area contributed by atoms with E-state index in [0.717, 1.165) is 29.7 Å². The highest BCUT2D eigenvalue weighted by molar-refractivity contribution is 7.89. The Morgan fingerprint density at radius 2 is 1.69 bits per heavy atom. The van der Waals surface area contributed by atoms with Crippen LogP contribution in [0.15, 0.2) is 71.9 Å². The molecule has 0 saturated carbocycles. The molecule has 1 N–H and O–H groups in total. The standard InChI is InChI=1S/C20H23N3O2S/c1-2-6-17-9-11-20(12-10-17)26(24,25)22-14-13-18-15-21-23(16-18)19-7-4-3-5-8-19/h3-5,7-12,15-16,22H,2,6,13-14H2,1H3. The molecule has 26 heavy (non-hydrogen) atoms. The fourth-order valence-electron chi connectivity index (χ4n) is 2.75. The topological polar surface area (TPSA) is 64.0 Å². The van der Waals surface area contributed by atoms with Crippen LogP contribution in [0.25, 0.3) is 5.69 Å². The molecule has 0 bridgehead atoms. The lowest BCUT2D eigenvalue weighted by molar-refractivity contribution is 0.581. The number of hydrogen-bond donors (Lipinski definition) is 1. The summed E-state index contributed by atoms with van der Waals surface area (Å²) in [5.41, 5.74) is 3.11. The van der Waals surface area contributed by atoms with E-state index in [2.05, 4.69) is 16.7 Å². The van der Waals surface area contributed by atoms with Crippen molar-refractivity contribution in [2.24, 2.45) is 0 Å². The molecular formula is C20H23N3O2S. The summed E-state index contributed by atoms with van der Waals surface area (Å²) < 4.78 is 29.2. The summed E-state index contributed by atoms with van der Waals surface area (Å²) in [6.45, 7) is 2.44. The number of sulfonamides is 1. The first-order valence-corrected chi connectivity index (χ1v) is 10.2. The van der Waals surface area contributed by atoms with Gasteiger partial charge < -0.3 is 0 Å². The highest BCUT2D eigenvalue weighted by Crippen LogP contribution is 2.12. The quantitative estimate of drug-likeness (QED) is 0.662. The first-order valence-electron chi connectivity index (χ1n) is 8.76. The van der Waals surface area contributed by atoms with Gasteiger partial charge in [0.05, 0.1) is 16.8 Å². The molecule has 0 aliphatic heterocycles. The third-order valence-corrected chi connectivity index (χ3v) is 5.61. The molecule has 0 aliphatic rings. The summed E-state index contributed by atoms with van der Waals surface area (Å²) in [7, 11) is -3.48. The Morgan fingerprint density at radius 3 is 2.38 bits per heavy atom. The Balaban J connectivity index is 1.58. The maximum Gasteiger partial charge on any atom is 0.240 e. The van der Waals surface area contributed by atoms with Crippen LogP contribution in [-0.2, 0) is 22.9 Å². The molecule has 2 aromatic carbocycles. The van der Waals surface area contributed by atoms with Gasteiger partial charge in [-0.05, 0) is 48.2 Å². The van der Waals surface area contributed by atoms with E-state index in [1.165, 1.54) is 0 Å². The maximum atomic E-state index is 12.4. The first kappa shape index (κ1) is 18.4. The predicted molar refractivity (Wildman–Crippen MR) is 103 cm³/mol. The van der Waals surface area contributed by atoms with Gasteiger partial charge in [0.2, 0.25) is 10.0 Å². The van der Waals surface area contributed by atoms with E-state index in [-0.39, 0.29) is 0 Å². The van der Waals surface area contributed by atoms with Gasteiger partial charge in [-0.1, -0.05) is 43.7 Å². The second-order valence-electron chi connectivity index (χ2n) is 6.17. The number of para-hydroxylation sites is 1. The lowest BCUT2D eigenvalue weighted by Gasteiger charge is -2.07. The molecule has 0 saturated heterocycles. The molecule has 136 valence electrons. The van der Waals surface area contributed by atoms with E-state index in [1.54, 1.807) is 23.0 Å². The average Bonchev–Trinajstić information content (AvgIpc) is 3.12. The number of rotatable bonds is 8. The lowest BCUT2D eigenvalue weighted by Crippen LogP contribution is -2.25. The SMILES string of the molecule is CCCc1ccc(S(=O)(=O)NCCc2cnn(-c3ccccc3)c2)cc1. The average molecular weight is 369 g/mol. The molecule has 0 atom stereocenters. The van der Waals surface area contributed by atoms with Crippen molar-refractivity contribution in [3.63, 3.8) is 0 Å². The zero-order chi connectivity index (χ0) is 18.4. The molecule has 0 spiro atoms. The molecule has 3 rings (SSSR count). The van der Waals surface area contributed by atoms with Gasteiger partial charge in [-0.25, -0.2) is 17.8 Å². The van der Waals surface area contributed by atoms with E-state index in [1.807, 2.05) is 48.7 Å². The Labute approximate surface area is 154 Å². The van der Waals surface area contributed by atoms with Crippen LogP contribution in [0.1, 0.15) is 24.5 Å². The van der Waals surface area contributed by atoms with Crippen molar-refractivity contribution in [3.8, 4) is 5.69 Å². The van der Waals surface area contributed by atoms with Gasteiger partial charge in [0.15, 0.2) is 0 Å². The van der Waals surface area contributed by atoms with Crippen molar-refractivity contribution >= 4 is 10.0 Å². The fraction of sp³-hybridized carbons (Fsp3) is 0.250. The number of aryl methyl sites for hydroxylation is 1. The van der Waals surface area contributed by atoms with Crippen molar-refractivity contribution < 1.29 is 8.42 Å². The third kappa shape index (κ3) is 4.59. The lowest BCUT2D eigenvalue weighted by atomic mass is 10.1. The Morgan fingerprint density at radius 1 is 0.962 bits per heavy atom. The van der Waals surface area contributed by atoms with E-state index < -0.39 is 10.0 Å². The van der Waals surface area contributed by atoms with Gasteiger partial charge >= 0.3 is 0 Å². The number of nitrogens with zero attached hydrogens (tertiary/aromatic N) is 2. The predicted octanol–water partition coefficient (Wildman–Crippen LogP) is 3.35. The van der Waals surface area contributed by atoms with Crippen molar-refractivity contribution in [1.82, 2.24) is 14.5 Å². The van der Waals surface area contributed by atoms with Gasteiger partial charge in [0.25, 0.3) is 0 Å². The van der Waals surface area contributed by atoms with Crippen LogP contribution in [0.4, 0.5) is 0 Å². The van der Waals surface area contributed by atoms with Crippen molar-refractivity contribution in [1.29, 1.82) is 0 Å². The van der Waals surface area contributed by atoms with E-state index in [9.17, 15) is 8.42 Å². The molecule has 0 unspecified atom stereocenters. The number of nitrogens with one attached hydrogen (secondary N) is 1. The highest BCUT2D eigenvalue weighted by atomic mass is 32.2. The summed E-state index contributed by atoms with van der Waals surface area (Å²) in [6.07, 6.45) is 6.27. The molecule has 0 fully saturated rings. The summed E-state index contributed by atoms with van der Waals surface area (Å²) in [5, 5.41) is 4.33. The minimum absolute atomic E-state index is 0.303. The second kappa shape index (κ2) is 8.29. The fourth-order valence-corrected chi connectivity index (χ4v) is 3.78. The van der Waals surface area contributed by atoms with E-state index in [0.29, 0.717) is 17.9 Å². The van der Waals surface area contributed by atoms with E-state index in [4.69, 9.17) is 0 Å². The molecular weight excluding hydrogens is 346 g/mol. The van der Waals surface area contributed by atoms with Gasteiger partial charge in [0.1, 0.15) is 0 Å². The molecule has 0 aliphatic carbocycles. The molecule has 6 heteroatoms. The van der Waals surface area contributed by atoms with Gasteiger partial charge in [-0.2, -0.15) is 5.10 Å². The Hall–Kier alpha value is -2.44. The van der Waals surface area contributed by atoms with Crippen LogP contribution in [0.5, 0.6) is 0 Å². The van der Waals surface area contributed by atoms with Crippen LogP contribution in [0.3, 0.4) is 0 Å². The van der Waals surface area contributed by atoms with E-state index >= 15 is 0 Å². The zero-order valence-corrected chi connectivity index (χ0v) is 15.6. The number of aromatic nitrogens is 2. The van der Waals surface area contributed by atoms with Crippen molar-refractivity contribution in [3.05, 3.63) is 78.1 Å². The first-order chi connectivity index (χ1) is 12.6. The Kier molecular flexibility index (Phi) is 5.85. The van der Waals surface area contributed by atoms with Crippen LogP contribution in [-0.4, -0.2) is 24.7 Å². The second-order valence-corrected chi connectivity index (χ2v) is 7.94. The normalized spacial score (nSPS) is 11.6. The largest absolute Gasteiger partial charge is 0.241 e. The zero-order valence-electron chi connectivity index (χ0n) is 14.8. The van der Waals surface area contributed by atoms with Crippen molar-refractivity contribution in [2.45, 2.75) is 31.1 Å². The summed E-state index contributed by atoms with van der Waals surface area (Å²) in [5.74, 6) is 0. The maximum absolute atomic E-state index is 12.4. The Bertz CT molecular complexity index is 933. The minimum atomic E-state index is -3.48. The van der Waals surface area contributed by atoms with Gasteiger partial charge in [0, 0.05) is 12.7 Å². The van der Waals surface area contributed by atoms with Crippen molar-refractivity contribution in [2.75, 3.05) is 6.54 Å². The number of benzene rings is 2. The monoisotopic (exact) mass is 369 g/mol. The van der Waals surface area contributed by atoms with Crippen LogP contribution in [0.2, 0.25) is 0 Å². The van der Waals surface area contributed by atoms with Crippen LogP contribution >= 0.6 is 0 Å². The third-order valence-electron chi connectivity index (χ3n) is 4.13. The molecule has 1 aromatic heterocycles. The molecule has 0 amide bonds. The summed E-state index contributed by atoms with van der Waals surface area (Å²) in [4.78, 5) is 0.303. The summed E-state index contributed by atoms with van der Waals surface area (Å²) in [6, 6.07) is 16.9.